The van der Waals surface area contributed by atoms with E-state index >= 15 is 0 Å². The Morgan fingerprint density at radius 3 is 2.39 bits per heavy atom. The highest BCUT2D eigenvalue weighted by Crippen LogP contribution is 2.40. The van der Waals surface area contributed by atoms with Gasteiger partial charge in [0.2, 0.25) is 11.9 Å². The molecular weight excluding hydrogens is 412 g/mol. The summed E-state index contributed by atoms with van der Waals surface area (Å²) in [5.41, 5.74) is 2.57. The van der Waals surface area contributed by atoms with Gasteiger partial charge in [0.05, 0.1) is 11.6 Å². The minimum atomic E-state index is -0.476. The van der Waals surface area contributed by atoms with Gasteiger partial charge in [0.25, 0.3) is 0 Å². The third-order valence-electron chi connectivity index (χ3n) is 7.44. The molecule has 0 atom stereocenters. The first kappa shape index (κ1) is 22.0. The molecule has 1 saturated carbocycles. The van der Waals surface area contributed by atoms with Crippen molar-refractivity contribution in [3.8, 4) is 0 Å². The van der Waals surface area contributed by atoms with Crippen LogP contribution in [0, 0.1) is 5.41 Å². The first-order chi connectivity index (χ1) is 15.9. The Kier molecular flexibility index (Phi) is 5.89. The molecule has 2 aliphatic heterocycles. The van der Waals surface area contributed by atoms with E-state index in [0.29, 0.717) is 18.5 Å². The normalized spacial score (nSPS) is 21.2. The third kappa shape index (κ3) is 4.37. The lowest BCUT2D eigenvalue weighted by Gasteiger charge is -2.34. The lowest BCUT2D eigenvalue weighted by Crippen LogP contribution is -2.45. The number of nitrogens with one attached hydrogen (secondary N) is 1. The van der Waals surface area contributed by atoms with Gasteiger partial charge < -0.3 is 20.0 Å². The van der Waals surface area contributed by atoms with Crippen molar-refractivity contribution in [2.75, 3.05) is 46.7 Å². The number of benzene rings is 1. The summed E-state index contributed by atoms with van der Waals surface area (Å²) in [7, 11) is 1.84. The summed E-state index contributed by atoms with van der Waals surface area (Å²) >= 11 is 0. The molecule has 1 N–H and O–H groups in total. The standard InChI is InChI=1S/C26H36N6O/c1-26(2)18-32(21-9-5-6-10-21)23-22(30(3)24(26)33)17-27-25(29-23)28-19-11-13-20(14-12-19)31-15-7-4-8-16-31/h11-14,17,21H,4-10,15-16,18H2,1-3H3,(H,27,28,29). The molecule has 1 aromatic carbocycles. The predicted octanol–water partition coefficient (Wildman–Crippen LogP) is 4.96. The molecule has 3 aliphatic rings. The average Bonchev–Trinajstić information content (AvgIpc) is 3.35. The van der Waals surface area contributed by atoms with E-state index < -0.39 is 5.41 Å². The van der Waals surface area contributed by atoms with Crippen LogP contribution in [0.1, 0.15) is 58.8 Å². The quantitative estimate of drug-likeness (QED) is 0.713. The largest absolute Gasteiger partial charge is 0.372 e. The Balaban J connectivity index is 1.42. The van der Waals surface area contributed by atoms with E-state index in [2.05, 4.69) is 44.4 Å². The number of nitrogens with zero attached hydrogens (tertiary/aromatic N) is 5. The van der Waals surface area contributed by atoms with Crippen LogP contribution in [-0.2, 0) is 4.79 Å². The molecule has 33 heavy (non-hydrogen) atoms. The monoisotopic (exact) mass is 448 g/mol. The highest BCUT2D eigenvalue weighted by molar-refractivity contribution is 6.00. The van der Waals surface area contributed by atoms with Crippen LogP contribution in [0.3, 0.4) is 0 Å². The summed E-state index contributed by atoms with van der Waals surface area (Å²) < 4.78 is 0. The molecule has 0 bridgehead atoms. The molecule has 2 fully saturated rings. The van der Waals surface area contributed by atoms with Crippen LogP contribution in [0.15, 0.2) is 30.5 Å². The van der Waals surface area contributed by atoms with Crippen LogP contribution in [0.25, 0.3) is 0 Å². The van der Waals surface area contributed by atoms with Crippen molar-refractivity contribution in [1.82, 2.24) is 9.97 Å². The van der Waals surface area contributed by atoms with Crippen molar-refractivity contribution in [2.24, 2.45) is 5.41 Å². The van der Waals surface area contributed by atoms with Gasteiger partial charge in [-0.25, -0.2) is 4.98 Å². The molecule has 3 heterocycles. The van der Waals surface area contributed by atoms with E-state index in [-0.39, 0.29) is 5.91 Å². The van der Waals surface area contributed by atoms with Gasteiger partial charge in [0.1, 0.15) is 5.69 Å². The molecule has 1 aromatic heterocycles. The number of aromatic nitrogens is 2. The maximum Gasteiger partial charge on any atom is 0.234 e. The van der Waals surface area contributed by atoms with Crippen LogP contribution >= 0.6 is 0 Å². The number of amides is 1. The van der Waals surface area contributed by atoms with Gasteiger partial charge in [0.15, 0.2) is 5.82 Å². The van der Waals surface area contributed by atoms with Gasteiger partial charge in [-0.05, 0) is 70.2 Å². The van der Waals surface area contributed by atoms with E-state index in [4.69, 9.17) is 4.98 Å². The summed E-state index contributed by atoms with van der Waals surface area (Å²) in [5, 5.41) is 3.39. The number of rotatable bonds is 4. The number of fused-ring (bicyclic) bond motifs is 1. The second kappa shape index (κ2) is 8.84. The molecule has 0 unspecified atom stereocenters. The van der Waals surface area contributed by atoms with Crippen LogP contribution in [0.4, 0.5) is 28.8 Å². The predicted molar refractivity (Wildman–Crippen MR) is 135 cm³/mol. The van der Waals surface area contributed by atoms with Crippen LogP contribution in [-0.4, -0.2) is 48.6 Å². The Hall–Kier alpha value is -2.83. The highest BCUT2D eigenvalue weighted by Gasteiger charge is 2.41. The minimum absolute atomic E-state index is 0.113. The molecule has 7 heteroatoms. The molecule has 1 amide bonds. The van der Waals surface area contributed by atoms with E-state index in [1.54, 1.807) is 11.1 Å². The van der Waals surface area contributed by atoms with Crippen molar-refractivity contribution in [3.63, 3.8) is 0 Å². The van der Waals surface area contributed by atoms with Gasteiger partial charge in [-0.3, -0.25) is 4.79 Å². The first-order valence-corrected chi connectivity index (χ1v) is 12.5. The number of carbonyl (C=O) groups excluding carboxylic acids is 1. The zero-order chi connectivity index (χ0) is 23.0. The van der Waals surface area contributed by atoms with E-state index in [1.165, 1.54) is 37.8 Å². The Labute approximate surface area is 197 Å². The Morgan fingerprint density at radius 2 is 1.70 bits per heavy atom. The van der Waals surface area contributed by atoms with Crippen LogP contribution in [0.2, 0.25) is 0 Å². The second-order valence-electron chi connectivity index (χ2n) is 10.4. The average molecular weight is 449 g/mol. The zero-order valence-corrected chi connectivity index (χ0v) is 20.2. The third-order valence-corrected chi connectivity index (χ3v) is 7.44. The minimum Gasteiger partial charge on any atom is -0.372 e. The van der Waals surface area contributed by atoms with E-state index in [9.17, 15) is 4.79 Å². The lowest BCUT2D eigenvalue weighted by molar-refractivity contribution is -0.125. The summed E-state index contributed by atoms with van der Waals surface area (Å²) in [6.07, 6.45) is 10.5. The summed E-state index contributed by atoms with van der Waals surface area (Å²) in [4.78, 5) is 29.3. The molecular formula is C26H36N6O. The molecule has 1 saturated heterocycles. The van der Waals surface area contributed by atoms with Crippen molar-refractivity contribution in [2.45, 2.75) is 64.8 Å². The van der Waals surface area contributed by atoms with Crippen molar-refractivity contribution in [1.29, 1.82) is 0 Å². The topological polar surface area (TPSA) is 64.6 Å². The maximum absolute atomic E-state index is 13.2. The number of hydrogen-bond acceptors (Lipinski definition) is 6. The zero-order valence-electron chi connectivity index (χ0n) is 20.2. The summed E-state index contributed by atoms with van der Waals surface area (Å²) in [6.45, 7) is 7.03. The second-order valence-corrected chi connectivity index (χ2v) is 10.4. The summed E-state index contributed by atoms with van der Waals surface area (Å²) in [5.74, 6) is 1.55. The van der Waals surface area contributed by atoms with Gasteiger partial charge in [-0.2, -0.15) is 4.98 Å². The number of piperidine rings is 1. The smallest absolute Gasteiger partial charge is 0.234 e. The Morgan fingerprint density at radius 1 is 1.00 bits per heavy atom. The van der Waals surface area contributed by atoms with E-state index in [0.717, 1.165) is 43.1 Å². The van der Waals surface area contributed by atoms with Crippen molar-refractivity contribution < 1.29 is 4.79 Å². The Bertz CT molecular complexity index is 992. The van der Waals surface area contributed by atoms with Gasteiger partial charge in [-0.1, -0.05) is 12.8 Å². The maximum atomic E-state index is 13.2. The molecule has 2 aromatic rings. The van der Waals surface area contributed by atoms with Crippen LogP contribution in [0.5, 0.6) is 0 Å². The number of hydrogen-bond donors (Lipinski definition) is 1. The molecule has 0 radical (unpaired) electrons. The molecule has 5 rings (SSSR count). The number of carbonyl (C=O) groups is 1. The van der Waals surface area contributed by atoms with Crippen LogP contribution < -0.4 is 20.0 Å². The molecule has 0 spiro atoms. The molecule has 1 aliphatic carbocycles. The SMILES string of the molecule is CN1C(=O)C(C)(C)CN(C2CCCC2)c2nc(Nc3ccc(N4CCCCC4)cc3)ncc21. The van der Waals surface area contributed by atoms with Crippen molar-refractivity contribution in [3.05, 3.63) is 30.5 Å². The summed E-state index contributed by atoms with van der Waals surface area (Å²) in [6, 6.07) is 8.99. The molecule has 176 valence electrons. The number of anilines is 5. The fraction of sp³-hybridized carbons (Fsp3) is 0.577. The van der Waals surface area contributed by atoms with E-state index in [1.807, 2.05) is 20.9 Å². The fourth-order valence-corrected chi connectivity index (χ4v) is 5.56. The van der Waals surface area contributed by atoms with Gasteiger partial charge in [0, 0.05) is 44.1 Å². The first-order valence-electron chi connectivity index (χ1n) is 12.5. The molecule has 7 nitrogen and oxygen atoms in total. The van der Waals surface area contributed by atoms with Crippen molar-refractivity contribution >= 4 is 34.7 Å². The van der Waals surface area contributed by atoms with Gasteiger partial charge in [-0.15, -0.1) is 0 Å². The highest BCUT2D eigenvalue weighted by atomic mass is 16.2. The van der Waals surface area contributed by atoms with Gasteiger partial charge >= 0.3 is 0 Å². The lowest BCUT2D eigenvalue weighted by atomic mass is 9.91. The fourth-order valence-electron chi connectivity index (χ4n) is 5.56.